The van der Waals surface area contributed by atoms with Gasteiger partial charge in [-0.05, 0) is 24.6 Å². The fourth-order valence-electron chi connectivity index (χ4n) is 2.16. The lowest BCUT2D eigenvalue weighted by molar-refractivity contribution is -0.113. The third-order valence-electron chi connectivity index (χ3n) is 4.19. The zero-order valence-electron chi connectivity index (χ0n) is 11.8. The minimum atomic E-state index is -2.20. The van der Waals surface area contributed by atoms with Crippen molar-refractivity contribution in [1.82, 2.24) is 0 Å². The van der Waals surface area contributed by atoms with Gasteiger partial charge in [-0.15, -0.1) is 0 Å². The zero-order valence-corrected chi connectivity index (χ0v) is 12.8. The molecule has 0 aliphatic carbocycles. The molecule has 3 atom stereocenters. The van der Waals surface area contributed by atoms with E-state index in [1.165, 1.54) is 0 Å². The summed E-state index contributed by atoms with van der Waals surface area (Å²) in [6.45, 7) is 8.77. The van der Waals surface area contributed by atoms with E-state index in [0.717, 1.165) is 6.42 Å². The normalized spacial score (nSPS) is 30.8. The molecule has 1 saturated heterocycles. The molecule has 0 amide bonds. The second-order valence-corrected chi connectivity index (χ2v) is 10.5. The maximum Gasteiger partial charge on any atom is 0.257 e. The van der Waals surface area contributed by atoms with Gasteiger partial charge < -0.3 is 18.9 Å². The highest BCUT2D eigenvalue weighted by molar-refractivity contribution is 6.72. The van der Waals surface area contributed by atoms with Crippen LogP contribution in [0.5, 0.6) is 0 Å². The van der Waals surface area contributed by atoms with Gasteiger partial charge in [-0.3, -0.25) is 0 Å². The van der Waals surface area contributed by atoms with Crippen molar-refractivity contribution < 1.29 is 18.9 Å². The fraction of sp³-hybridized carbons (Fsp3) is 1.00. The Hall–Kier alpha value is 0.122. The molecule has 1 heterocycles. The summed E-state index contributed by atoms with van der Waals surface area (Å²) in [6, 6.07) is 0. The lowest BCUT2D eigenvalue weighted by Crippen LogP contribution is -2.42. The van der Waals surface area contributed by atoms with Gasteiger partial charge in [0.25, 0.3) is 8.05 Å². The molecule has 0 radical (unpaired) electrons. The first-order chi connectivity index (χ1) is 7.73. The van der Waals surface area contributed by atoms with E-state index in [1.807, 2.05) is 13.1 Å². The van der Waals surface area contributed by atoms with Crippen LogP contribution in [0.4, 0.5) is 0 Å². The van der Waals surface area contributed by atoms with E-state index in [0.29, 0.717) is 6.61 Å². The van der Waals surface area contributed by atoms with Crippen LogP contribution in [0.25, 0.3) is 0 Å². The maximum absolute atomic E-state index is 10.3. The average molecular weight is 260 g/mol. The topological polar surface area (TPSA) is 47.9 Å². The van der Waals surface area contributed by atoms with Crippen LogP contribution in [0, 0.1) is 5.92 Å². The van der Waals surface area contributed by atoms with E-state index in [4.69, 9.17) is 14.1 Å². The third kappa shape index (κ3) is 3.32. The van der Waals surface area contributed by atoms with Crippen molar-refractivity contribution in [2.75, 3.05) is 13.7 Å². The summed E-state index contributed by atoms with van der Waals surface area (Å²) in [5.41, 5.74) is 0. The summed E-state index contributed by atoms with van der Waals surface area (Å²) in [5, 5.41) is -0.0844. The van der Waals surface area contributed by atoms with Crippen LogP contribution in [0.15, 0.2) is 0 Å². The molecule has 17 heavy (non-hydrogen) atoms. The average Bonchev–Trinajstić information content (AvgIpc) is 2.57. The van der Waals surface area contributed by atoms with Crippen molar-refractivity contribution in [1.29, 1.82) is 0 Å². The Morgan fingerprint density at radius 3 is 2.47 bits per heavy atom. The molecule has 0 aromatic rings. The summed E-state index contributed by atoms with van der Waals surface area (Å²) in [7, 11) is 1.16. The van der Waals surface area contributed by atoms with Crippen molar-refractivity contribution in [3.8, 4) is 0 Å². The lowest BCUT2D eigenvalue weighted by Gasteiger charge is -2.38. The summed E-state index contributed by atoms with van der Waals surface area (Å²) < 4.78 is 16.4. The summed E-state index contributed by atoms with van der Waals surface area (Å²) in [4.78, 5) is 10.3. The molecule has 0 saturated carbocycles. The van der Waals surface area contributed by atoms with Gasteiger partial charge in [0.2, 0.25) is 0 Å². The largest absolute Gasteiger partial charge is 0.438 e. The zero-order chi connectivity index (χ0) is 13.3. The molecule has 4 nitrogen and oxygen atoms in total. The van der Waals surface area contributed by atoms with Gasteiger partial charge in [0, 0.05) is 13.0 Å². The van der Waals surface area contributed by atoms with E-state index in [-0.39, 0.29) is 23.4 Å². The maximum atomic E-state index is 10.3. The highest BCUT2D eigenvalue weighted by Gasteiger charge is 2.46. The molecule has 6 heteroatoms. The first kappa shape index (κ1) is 15.2. The van der Waals surface area contributed by atoms with Gasteiger partial charge in [0.1, 0.15) is 0 Å². The van der Waals surface area contributed by atoms with Crippen molar-refractivity contribution in [2.24, 2.45) is 5.92 Å². The number of methoxy groups -OCH3 is 1. The third-order valence-corrected chi connectivity index (χ3v) is 7.71. The number of rotatable bonds is 5. The first-order valence-electron chi connectivity index (χ1n) is 6.12. The Morgan fingerprint density at radius 2 is 2.06 bits per heavy atom. The molecule has 1 unspecified atom stereocenters. The molecule has 0 bridgehead atoms. The van der Waals surface area contributed by atoms with Gasteiger partial charge in [0.05, 0.1) is 12.7 Å². The van der Waals surface area contributed by atoms with E-state index in [1.54, 1.807) is 15.2 Å². The molecule has 0 spiro atoms. The van der Waals surface area contributed by atoms with Crippen LogP contribution in [0.1, 0.15) is 20.3 Å². The number of ether oxygens (including phenoxy) is 2. The van der Waals surface area contributed by atoms with Crippen LogP contribution < -0.4 is 0 Å². The first-order valence-corrected chi connectivity index (χ1v) is 9.07. The molecule has 1 rings (SSSR count). The van der Waals surface area contributed by atoms with Crippen molar-refractivity contribution in [2.45, 2.75) is 50.8 Å². The highest BCUT2D eigenvalue weighted by atomic mass is 28.4. The molecular formula is C11H25BO4Si. The van der Waals surface area contributed by atoms with E-state index in [9.17, 15) is 4.80 Å². The van der Waals surface area contributed by atoms with Crippen LogP contribution in [0.2, 0.25) is 18.1 Å². The highest BCUT2D eigenvalue weighted by Crippen LogP contribution is 2.45. The van der Waals surface area contributed by atoms with E-state index >= 15 is 0 Å². The van der Waals surface area contributed by atoms with Gasteiger partial charge >= 0.3 is 0 Å². The number of hydrogen-bond donors (Lipinski definition) is 1. The molecule has 1 aliphatic rings. The molecule has 1 aliphatic heterocycles. The van der Waals surface area contributed by atoms with Gasteiger partial charge in [-0.1, -0.05) is 13.8 Å². The van der Waals surface area contributed by atoms with Crippen molar-refractivity contribution >= 4 is 16.4 Å². The Bertz CT molecular complexity index is 242. The SMILES string of the molecule is BO[C@H]1COC(OC)[C@@H]1CC(C)(C)[Si](C)(C)O. The van der Waals surface area contributed by atoms with Crippen LogP contribution >= 0.6 is 0 Å². The van der Waals surface area contributed by atoms with Crippen molar-refractivity contribution in [3.63, 3.8) is 0 Å². The van der Waals surface area contributed by atoms with Crippen LogP contribution in [-0.2, 0) is 14.1 Å². The Kier molecular flexibility index (Phi) is 4.82. The lowest BCUT2D eigenvalue weighted by atomic mass is 9.92. The number of hydrogen-bond acceptors (Lipinski definition) is 4. The molecule has 1 fully saturated rings. The Morgan fingerprint density at radius 1 is 1.47 bits per heavy atom. The van der Waals surface area contributed by atoms with Gasteiger partial charge in [-0.25, -0.2) is 0 Å². The monoisotopic (exact) mass is 260 g/mol. The second-order valence-electron chi connectivity index (χ2n) is 6.02. The van der Waals surface area contributed by atoms with E-state index in [2.05, 4.69) is 13.8 Å². The van der Waals surface area contributed by atoms with Crippen LogP contribution in [0.3, 0.4) is 0 Å². The van der Waals surface area contributed by atoms with Gasteiger partial charge in [-0.2, -0.15) is 0 Å². The predicted molar refractivity (Wildman–Crippen MR) is 72.0 cm³/mol. The Balaban J connectivity index is 2.77. The molecule has 0 aromatic heterocycles. The predicted octanol–water partition coefficient (Wildman–Crippen LogP) is 0.906. The summed E-state index contributed by atoms with van der Waals surface area (Å²) in [5.74, 6) is 0.193. The minimum Gasteiger partial charge on any atom is -0.438 e. The Labute approximate surface area is 106 Å². The van der Waals surface area contributed by atoms with E-state index < -0.39 is 8.32 Å². The molecule has 100 valence electrons. The smallest absolute Gasteiger partial charge is 0.257 e. The fourth-order valence-corrected chi connectivity index (χ4v) is 2.90. The van der Waals surface area contributed by atoms with Crippen molar-refractivity contribution in [3.05, 3.63) is 0 Å². The molecule has 0 aromatic carbocycles. The standard InChI is InChI=1S/C11H25BO4Si/c1-11(2,17(4,5)13)6-8-9(16-12)7-15-10(8)14-3/h8-10,13H,6-7,12H2,1-5H3/t8-,9+,10?/m1/s1. The summed E-state index contributed by atoms with van der Waals surface area (Å²) in [6.07, 6.45) is 0.714. The molecular weight excluding hydrogens is 235 g/mol. The molecule has 1 N–H and O–H groups in total. The quantitative estimate of drug-likeness (QED) is 0.746. The van der Waals surface area contributed by atoms with Gasteiger partial charge in [0.15, 0.2) is 14.6 Å². The minimum absolute atomic E-state index is 0.0653. The summed E-state index contributed by atoms with van der Waals surface area (Å²) >= 11 is 0. The van der Waals surface area contributed by atoms with Crippen LogP contribution in [-0.4, -0.2) is 47.3 Å². The second kappa shape index (κ2) is 5.40.